The third-order valence-corrected chi connectivity index (χ3v) is 6.06. The van der Waals surface area contributed by atoms with Crippen molar-refractivity contribution in [3.8, 4) is 5.75 Å². The fraction of sp³-hybridized carbons (Fsp3) is 0.280. The van der Waals surface area contributed by atoms with Gasteiger partial charge < -0.3 is 15.0 Å². The van der Waals surface area contributed by atoms with E-state index in [1.165, 1.54) is 11.3 Å². The van der Waals surface area contributed by atoms with Gasteiger partial charge in [0.15, 0.2) is 0 Å². The van der Waals surface area contributed by atoms with Crippen molar-refractivity contribution in [2.75, 3.05) is 31.6 Å². The third-order valence-electron chi connectivity index (χ3n) is 5.75. The molecular weight excluding hydrogens is 380 g/mol. The molecular formula is C25H27ClN2O. The van der Waals surface area contributed by atoms with Gasteiger partial charge >= 0.3 is 0 Å². The average Bonchev–Trinajstić information content (AvgIpc) is 3.20. The summed E-state index contributed by atoms with van der Waals surface area (Å²) in [6.45, 7) is 3.04. The normalized spacial score (nSPS) is 18.6. The maximum Gasteiger partial charge on any atom is 0.139 e. The number of rotatable bonds is 7. The molecule has 4 heteroatoms. The number of para-hydroxylation sites is 1. The molecule has 0 aromatic heterocycles. The van der Waals surface area contributed by atoms with E-state index in [4.69, 9.17) is 16.3 Å². The second-order valence-electron chi connectivity index (χ2n) is 7.63. The monoisotopic (exact) mass is 406 g/mol. The molecule has 3 aromatic rings. The lowest BCUT2D eigenvalue weighted by Crippen LogP contribution is -2.30. The Morgan fingerprint density at radius 1 is 0.897 bits per heavy atom. The number of anilines is 2. The Hall–Kier alpha value is -2.49. The van der Waals surface area contributed by atoms with Crippen LogP contribution in [-0.4, -0.2) is 26.7 Å². The smallest absolute Gasteiger partial charge is 0.139 e. The van der Waals surface area contributed by atoms with Crippen LogP contribution in [0, 0.1) is 11.8 Å². The number of benzene rings is 3. The Kier molecular flexibility index (Phi) is 6.38. The molecule has 0 amide bonds. The van der Waals surface area contributed by atoms with E-state index in [-0.39, 0.29) is 0 Å². The maximum atomic E-state index is 6.28. The van der Waals surface area contributed by atoms with E-state index >= 15 is 0 Å². The predicted octanol–water partition coefficient (Wildman–Crippen LogP) is 5.57. The first-order valence-corrected chi connectivity index (χ1v) is 10.5. The molecule has 0 saturated carbocycles. The van der Waals surface area contributed by atoms with E-state index in [0.29, 0.717) is 22.6 Å². The molecule has 2 unspecified atom stereocenters. The van der Waals surface area contributed by atoms with Crippen LogP contribution < -0.4 is 15.0 Å². The Bertz CT molecular complexity index is 917. The number of methoxy groups -OCH3 is 1. The Morgan fingerprint density at radius 3 is 2.31 bits per heavy atom. The van der Waals surface area contributed by atoms with Crippen molar-refractivity contribution in [1.82, 2.24) is 5.32 Å². The first-order valence-electron chi connectivity index (χ1n) is 10.2. The highest BCUT2D eigenvalue weighted by Crippen LogP contribution is 2.35. The van der Waals surface area contributed by atoms with Gasteiger partial charge in [0.25, 0.3) is 0 Å². The van der Waals surface area contributed by atoms with Gasteiger partial charge in [-0.3, -0.25) is 0 Å². The SMILES string of the molecule is COc1cc(N(CC2CNCC2Cc2ccccc2)c2ccccc2)ccc1Cl. The Balaban J connectivity index is 1.60. The van der Waals surface area contributed by atoms with Gasteiger partial charge in [-0.05, 0) is 61.2 Å². The summed E-state index contributed by atoms with van der Waals surface area (Å²) in [5.74, 6) is 1.87. The van der Waals surface area contributed by atoms with Crippen molar-refractivity contribution in [1.29, 1.82) is 0 Å². The van der Waals surface area contributed by atoms with Gasteiger partial charge in [0.1, 0.15) is 5.75 Å². The largest absolute Gasteiger partial charge is 0.495 e. The quantitative estimate of drug-likeness (QED) is 0.555. The topological polar surface area (TPSA) is 24.5 Å². The highest BCUT2D eigenvalue weighted by Gasteiger charge is 2.29. The standard InChI is InChI=1S/C25H27ClN2O/c1-29-25-15-23(12-13-24(25)26)28(22-10-6-3-7-11-22)18-21-17-27-16-20(21)14-19-8-4-2-5-9-19/h2-13,15,20-21,27H,14,16-18H2,1H3. The molecule has 1 aliphatic heterocycles. The fourth-order valence-electron chi connectivity index (χ4n) is 4.18. The van der Waals surface area contributed by atoms with Crippen LogP contribution >= 0.6 is 11.6 Å². The zero-order valence-electron chi connectivity index (χ0n) is 16.7. The molecule has 1 N–H and O–H groups in total. The van der Waals surface area contributed by atoms with Crippen molar-refractivity contribution in [2.45, 2.75) is 6.42 Å². The van der Waals surface area contributed by atoms with Crippen molar-refractivity contribution in [3.05, 3.63) is 89.4 Å². The minimum absolute atomic E-state index is 0.553. The second-order valence-corrected chi connectivity index (χ2v) is 8.04. The molecule has 4 rings (SSSR count). The predicted molar refractivity (Wildman–Crippen MR) is 121 cm³/mol. The maximum absolute atomic E-state index is 6.28. The average molecular weight is 407 g/mol. The molecule has 0 aliphatic carbocycles. The van der Waals surface area contributed by atoms with E-state index in [9.17, 15) is 0 Å². The summed E-state index contributed by atoms with van der Waals surface area (Å²) in [5, 5.41) is 4.24. The van der Waals surface area contributed by atoms with Gasteiger partial charge in [-0.25, -0.2) is 0 Å². The summed E-state index contributed by atoms with van der Waals surface area (Å²) in [4.78, 5) is 2.38. The Morgan fingerprint density at radius 2 is 1.59 bits per heavy atom. The molecule has 3 aromatic carbocycles. The molecule has 150 valence electrons. The highest BCUT2D eigenvalue weighted by molar-refractivity contribution is 6.32. The molecule has 1 saturated heterocycles. The summed E-state index contributed by atoms with van der Waals surface area (Å²) < 4.78 is 5.47. The van der Waals surface area contributed by atoms with E-state index in [1.54, 1.807) is 7.11 Å². The van der Waals surface area contributed by atoms with Gasteiger partial charge in [-0.15, -0.1) is 0 Å². The number of hydrogen-bond donors (Lipinski definition) is 1. The molecule has 1 fully saturated rings. The molecule has 2 atom stereocenters. The Labute approximate surface area is 178 Å². The van der Waals surface area contributed by atoms with Crippen LogP contribution in [0.5, 0.6) is 5.75 Å². The zero-order valence-corrected chi connectivity index (χ0v) is 17.5. The van der Waals surface area contributed by atoms with Gasteiger partial charge in [0, 0.05) is 24.0 Å². The molecule has 3 nitrogen and oxygen atoms in total. The number of hydrogen-bond acceptors (Lipinski definition) is 3. The lowest BCUT2D eigenvalue weighted by molar-refractivity contribution is 0.413. The summed E-state index contributed by atoms with van der Waals surface area (Å²) in [7, 11) is 1.66. The van der Waals surface area contributed by atoms with Crippen LogP contribution in [0.3, 0.4) is 0 Å². The lowest BCUT2D eigenvalue weighted by Gasteiger charge is -2.30. The van der Waals surface area contributed by atoms with Crippen LogP contribution in [0.15, 0.2) is 78.9 Å². The molecule has 29 heavy (non-hydrogen) atoms. The van der Waals surface area contributed by atoms with Crippen molar-refractivity contribution in [2.24, 2.45) is 11.8 Å². The molecule has 0 radical (unpaired) electrons. The summed E-state index contributed by atoms with van der Waals surface area (Å²) >= 11 is 6.28. The minimum atomic E-state index is 0.553. The van der Waals surface area contributed by atoms with Gasteiger partial charge in [0.2, 0.25) is 0 Å². The third kappa shape index (κ3) is 4.75. The van der Waals surface area contributed by atoms with Crippen LogP contribution in [0.1, 0.15) is 5.56 Å². The van der Waals surface area contributed by atoms with Gasteiger partial charge in [-0.2, -0.15) is 0 Å². The van der Waals surface area contributed by atoms with E-state index < -0.39 is 0 Å². The van der Waals surface area contributed by atoms with Crippen LogP contribution in [0.25, 0.3) is 0 Å². The number of halogens is 1. The highest BCUT2D eigenvalue weighted by atomic mass is 35.5. The second kappa shape index (κ2) is 9.34. The van der Waals surface area contributed by atoms with Crippen LogP contribution in [0.2, 0.25) is 5.02 Å². The van der Waals surface area contributed by atoms with Crippen molar-refractivity contribution < 1.29 is 4.74 Å². The van der Waals surface area contributed by atoms with Crippen molar-refractivity contribution in [3.63, 3.8) is 0 Å². The summed E-state index contributed by atoms with van der Waals surface area (Å²) in [6.07, 6.45) is 1.10. The molecule has 1 heterocycles. The number of nitrogens with zero attached hydrogens (tertiary/aromatic N) is 1. The van der Waals surface area contributed by atoms with Gasteiger partial charge in [-0.1, -0.05) is 60.1 Å². The number of ether oxygens (including phenoxy) is 1. The molecule has 0 bridgehead atoms. The van der Waals surface area contributed by atoms with Crippen molar-refractivity contribution >= 4 is 23.0 Å². The van der Waals surface area contributed by atoms with Gasteiger partial charge in [0.05, 0.1) is 12.1 Å². The first kappa shape index (κ1) is 19.8. The fourth-order valence-corrected chi connectivity index (χ4v) is 4.37. The number of nitrogens with one attached hydrogen (secondary N) is 1. The molecule has 0 spiro atoms. The molecule has 1 aliphatic rings. The van der Waals surface area contributed by atoms with E-state index in [0.717, 1.165) is 31.7 Å². The summed E-state index contributed by atoms with van der Waals surface area (Å²) in [5.41, 5.74) is 3.69. The van der Waals surface area contributed by atoms with Crippen LogP contribution in [0.4, 0.5) is 11.4 Å². The van der Waals surface area contributed by atoms with E-state index in [1.807, 2.05) is 12.1 Å². The first-order chi connectivity index (χ1) is 14.2. The van der Waals surface area contributed by atoms with E-state index in [2.05, 4.69) is 76.9 Å². The lowest BCUT2D eigenvalue weighted by atomic mass is 9.89. The minimum Gasteiger partial charge on any atom is -0.495 e. The zero-order chi connectivity index (χ0) is 20.1. The summed E-state index contributed by atoms with van der Waals surface area (Å²) in [6, 6.07) is 27.4. The van der Waals surface area contributed by atoms with Crippen LogP contribution in [-0.2, 0) is 6.42 Å².